The van der Waals surface area contributed by atoms with E-state index in [1.54, 1.807) is 0 Å². The zero-order chi connectivity index (χ0) is 16.0. The van der Waals surface area contributed by atoms with Crippen molar-refractivity contribution in [3.63, 3.8) is 0 Å². The van der Waals surface area contributed by atoms with Crippen LogP contribution in [0.2, 0.25) is 0 Å². The molecule has 0 bridgehead atoms. The molecule has 0 aliphatic carbocycles. The van der Waals surface area contributed by atoms with E-state index in [9.17, 15) is 13.0 Å². The topological polar surface area (TPSA) is 77.4 Å². The molecule has 0 aliphatic rings. The van der Waals surface area contributed by atoms with Crippen LogP contribution in [0.4, 0.5) is 0 Å². The minimum Gasteiger partial charge on any atom is -0.748 e. The molecule has 4 nitrogen and oxygen atoms in total. The molecule has 0 radical (unpaired) electrons. The third-order valence-corrected chi connectivity index (χ3v) is 5.26. The van der Waals surface area contributed by atoms with Gasteiger partial charge < -0.3 is 9.66 Å². The van der Waals surface area contributed by atoms with Gasteiger partial charge in [-0.2, -0.15) is 0 Å². The van der Waals surface area contributed by atoms with E-state index < -0.39 is 15.4 Å². The molecule has 6 heteroatoms. The second-order valence-electron chi connectivity index (χ2n) is 5.95. The second kappa shape index (κ2) is 17.3. The van der Waals surface area contributed by atoms with Gasteiger partial charge in [-0.25, -0.2) is 8.42 Å². The molecule has 22 heavy (non-hydrogen) atoms. The first kappa shape index (κ1) is 25.7. The second-order valence-corrected chi connectivity index (χ2v) is 7.60. The van der Waals surface area contributed by atoms with Crippen LogP contribution in [-0.4, -0.2) is 29.9 Å². The first-order chi connectivity index (χ1) is 10.0. The molecule has 0 rings (SSSR count). The van der Waals surface area contributed by atoms with Crippen molar-refractivity contribution in [1.82, 2.24) is 0 Å². The van der Waals surface area contributed by atoms with Gasteiger partial charge in [-0.05, 0) is 19.3 Å². The Bertz CT molecular complexity index is 320. The van der Waals surface area contributed by atoms with Crippen LogP contribution in [0.1, 0.15) is 90.4 Å². The Labute approximate surface area is 180 Å². The van der Waals surface area contributed by atoms with Gasteiger partial charge in [-0.1, -0.05) is 71.1 Å². The zero-order valence-electron chi connectivity index (χ0n) is 14.6. The molecular formula is C16H33KO4S. The van der Waals surface area contributed by atoms with Crippen LogP contribution in [0, 0.1) is 0 Å². The standard InChI is InChI=1S/C16H34O4S.K/c1-2-3-4-5-6-7-8-9-10-11-13-16(14-12-15-17)21(18,19)20;/h16-17H,2-15H2,1H3,(H,18,19,20);/q;+1/p-1. The summed E-state index contributed by atoms with van der Waals surface area (Å²) >= 11 is 0. The van der Waals surface area contributed by atoms with Crippen molar-refractivity contribution in [3.8, 4) is 0 Å². The van der Waals surface area contributed by atoms with Gasteiger partial charge in [0.1, 0.15) is 0 Å². The van der Waals surface area contributed by atoms with E-state index in [2.05, 4.69) is 6.92 Å². The Balaban J connectivity index is 0. The van der Waals surface area contributed by atoms with Crippen molar-refractivity contribution in [2.24, 2.45) is 0 Å². The van der Waals surface area contributed by atoms with E-state index in [0.29, 0.717) is 19.3 Å². The molecule has 1 N–H and O–H groups in total. The number of rotatable bonds is 15. The molecule has 0 spiro atoms. The summed E-state index contributed by atoms with van der Waals surface area (Å²) in [4.78, 5) is 0. The number of aliphatic hydroxyl groups excluding tert-OH is 1. The first-order valence-corrected chi connectivity index (χ1v) is 10.0. The minimum absolute atomic E-state index is 0. The molecule has 0 heterocycles. The average Bonchev–Trinajstić information content (AvgIpc) is 2.42. The van der Waals surface area contributed by atoms with Gasteiger partial charge in [0.2, 0.25) is 0 Å². The third kappa shape index (κ3) is 16.4. The van der Waals surface area contributed by atoms with Gasteiger partial charge in [0.05, 0.1) is 10.1 Å². The molecule has 0 aromatic carbocycles. The number of hydrogen-bond donors (Lipinski definition) is 1. The SMILES string of the molecule is CCCCCCCCCCCCC(CCCO)S(=O)(=O)[O-].[K+]. The summed E-state index contributed by atoms with van der Waals surface area (Å²) in [6.45, 7) is 2.17. The van der Waals surface area contributed by atoms with Crippen molar-refractivity contribution < 1.29 is 69.5 Å². The van der Waals surface area contributed by atoms with Gasteiger partial charge in [-0.15, -0.1) is 0 Å². The summed E-state index contributed by atoms with van der Waals surface area (Å²) in [6.07, 6.45) is 13.1. The van der Waals surface area contributed by atoms with Gasteiger partial charge in [0, 0.05) is 11.9 Å². The molecule has 0 aliphatic heterocycles. The van der Waals surface area contributed by atoms with Crippen molar-refractivity contribution in [2.75, 3.05) is 6.61 Å². The smallest absolute Gasteiger partial charge is 0.748 e. The van der Waals surface area contributed by atoms with E-state index in [4.69, 9.17) is 5.11 Å². The van der Waals surface area contributed by atoms with Crippen molar-refractivity contribution in [2.45, 2.75) is 95.6 Å². The molecule has 1 unspecified atom stereocenters. The first-order valence-electron chi connectivity index (χ1n) is 8.58. The van der Waals surface area contributed by atoms with E-state index >= 15 is 0 Å². The Morgan fingerprint density at radius 3 is 1.64 bits per heavy atom. The molecule has 0 aromatic rings. The Hall–Kier alpha value is 1.51. The van der Waals surface area contributed by atoms with Crippen LogP contribution >= 0.6 is 0 Å². The molecule has 0 amide bonds. The number of aliphatic hydroxyl groups is 1. The van der Waals surface area contributed by atoms with Crippen molar-refractivity contribution in [1.29, 1.82) is 0 Å². The predicted octanol–water partition coefficient (Wildman–Crippen LogP) is 0.988. The van der Waals surface area contributed by atoms with Crippen LogP contribution in [-0.2, 0) is 10.1 Å². The van der Waals surface area contributed by atoms with Crippen LogP contribution in [0.25, 0.3) is 0 Å². The zero-order valence-corrected chi connectivity index (χ0v) is 18.5. The van der Waals surface area contributed by atoms with Crippen LogP contribution in [0.3, 0.4) is 0 Å². The van der Waals surface area contributed by atoms with E-state index in [-0.39, 0.29) is 58.0 Å². The molecule has 0 saturated heterocycles. The Morgan fingerprint density at radius 1 is 0.818 bits per heavy atom. The molecular weight excluding hydrogens is 327 g/mol. The summed E-state index contributed by atoms with van der Waals surface area (Å²) in [6, 6.07) is 0. The van der Waals surface area contributed by atoms with Crippen LogP contribution in [0.15, 0.2) is 0 Å². The minimum atomic E-state index is -4.21. The fraction of sp³-hybridized carbons (Fsp3) is 1.00. The monoisotopic (exact) mass is 360 g/mol. The van der Waals surface area contributed by atoms with Gasteiger partial charge in [-0.3, -0.25) is 0 Å². The van der Waals surface area contributed by atoms with Crippen LogP contribution in [0.5, 0.6) is 0 Å². The van der Waals surface area contributed by atoms with Gasteiger partial charge in [0.15, 0.2) is 0 Å². The molecule has 0 saturated carbocycles. The molecule has 1 atom stereocenters. The molecule has 0 aromatic heterocycles. The van der Waals surface area contributed by atoms with Crippen molar-refractivity contribution >= 4 is 10.1 Å². The fourth-order valence-corrected chi connectivity index (χ4v) is 3.52. The number of hydrogen-bond acceptors (Lipinski definition) is 4. The van der Waals surface area contributed by atoms with Crippen molar-refractivity contribution in [3.05, 3.63) is 0 Å². The van der Waals surface area contributed by atoms with Gasteiger partial charge in [0.25, 0.3) is 0 Å². The summed E-state index contributed by atoms with van der Waals surface area (Å²) in [7, 11) is -4.21. The normalized spacial score (nSPS) is 12.9. The Morgan fingerprint density at radius 2 is 1.23 bits per heavy atom. The maximum Gasteiger partial charge on any atom is 1.00 e. The Kier molecular flexibility index (Phi) is 20.3. The number of unbranched alkanes of at least 4 members (excludes halogenated alkanes) is 9. The third-order valence-electron chi connectivity index (χ3n) is 3.97. The average molecular weight is 361 g/mol. The largest absolute Gasteiger partial charge is 1.00 e. The fourth-order valence-electron chi connectivity index (χ4n) is 2.61. The van der Waals surface area contributed by atoms with E-state index in [1.165, 1.54) is 44.9 Å². The predicted molar refractivity (Wildman–Crippen MR) is 86.3 cm³/mol. The maximum absolute atomic E-state index is 11.1. The summed E-state index contributed by atoms with van der Waals surface area (Å²) in [5, 5.41) is 7.92. The summed E-state index contributed by atoms with van der Waals surface area (Å²) < 4.78 is 33.3. The van der Waals surface area contributed by atoms with Crippen LogP contribution < -0.4 is 51.4 Å². The van der Waals surface area contributed by atoms with Gasteiger partial charge >= 0.3 is 51.4 Å². The molecule has 0 fully saturated rings. The quantitative estimate of drug-likeness (QED) is 0.268. The summed E-state index contributed by atoms with van der Waals surface area (Å²) in [5.74, 6) is 0. The van der Waals surface area contributed by atoms with E-state index in [1.807, 2.05) is 0 Å². The molecule has 128 valence electrons. The van der Waals surface area contributed by atoms with E-state index in [0.717, 1.165) is 19.3 Å². The summed E-state index contributed by atoms with van der Waals surface area (Å²) in [5.41, 5.74) is 0. The maximum atomic E-state index is 11.1.